The Labute approximate surface area is 278 Å². The molecule has 6 nitrogen and oxygen atoms in total. The normalized spacial score (nSPS) is 21.1. The first-order valence-corrected chi connectivity index (χ1v) is 17.4. The highest BCUT2D eigenvalue weighted by Crippen LogP contribution is 2.46. The maximum absolute atomic E-state index is 14.4. The van der Waals surface area contributed by atoms with E-state index in [2.05, 4.69) is 70.0 Å². The van der Waals surface area contributed by atoms with E-state index in [0.717, 1.165) is 44.5 Å². The average molecular weight is 649 g/mol. The summed E-state index contributed by atoms with van der Waals surface area (Å²) in [7, 11) is 3.65. The number of phenolic OH excluding ortho intramolecular Hbond substituents is 1. The van der Waals surface area contributed by atoms with E-state index in [1.165, 1.54) is 16.0 Å². The number of phenols is 1. The third-order valence-corrected chi connectivity index (χ3v) is 11.5. The molecular formula is C38H40N4O2S2. The topological polar surface area (TPSA) is 99.7 Å². The first kappa shape index (κ1) is 31.8. The van der Waals surface area contributed by atoms with Crippen LogP contribution in [-0.4, -0.2) is 37.0 Å². The van der Waals surface area contributed by atoms with Crippen LogP contribution < -0.4 is 26.8 Å². The summed E-state index contributed by atoms with van der Waals surface area (Å²) in [6.07, 6.45) is 7.08. The van der Waals surface area contributed by atoms with E-state index in [9.17, 15) is 9.90 Å². The second kappa shape index (κ2) is 14.1. The number of hydrogen-bond donors (Lipinski definition) is 4. The highest BCUT2D eigenvalue weighted by atomic mass is 32.1. The van der Waals surface area contributed by atoms with Crippen molar-refractivity contribution >= 4 is 46.6 Å². The zero-order chi connectivity index (χ0) is 32.2. The molecule has 1 fully saturated rings. The standard InChI is InChI=1S/C38H40N4O2S2/c1-4-6-28-11-14-34(45-28)35-15-16-36(46-35)37(44)30-13-12-29(33(42-38(39)41-3)19-23-7-5-8-27(43)18-23)31-20-25-10-9-24(22-40-2)17-26(25)21-32(30)31/h5,7-11,14-18,20-21,29-33,40,43H,12-13,19,22H2,1-3H3,(H3,39,41,42)/t29-,30+,31-,32-,33+/m1/s1. The molecule has 0 spiro atoms. The van der Waals surface area contributed by atoms with Crippen LogP contribution in [0.5, 0.6) is 5.75 Å². The molecule has 0 radical (unpaired) electrons. The van der Waals surface area contributed by atoms with Crippen LogP contribution in [0.4, 0.5) is 0 Å². The largest absolute Gasteiger partial charge is 0.508 e. The molecule has 2 aliphatic carbocycles. The molecule has 2 heterocycles. The molecule has 6 rings (SSSR count). The summed E-state index contributed by atoms with van der Waals surface area (Å²) < 4.78 is 0. The van der Waals surface area contributed by atoms with Gasteiger partial charge in [-0.1, -0.05) is 48.4 Å². The number of benzene rings is 2. The zero-order valence-electron chi connectivity index (χ0n) is 26.4. The number of aromatic hydroxyl groups is 1. The molecule has 0 saturated heterocycles. The minimum Gasteiger partial charge on any atom is -0.508 e. The van der Waals surface area contributed by atoms with Gasteiger partial charge >= 0.3 is 0 Å². The number of hydrogen-bond acceptors (Lipinski definition) is 6. The molecule has 5 atom stereocenters. The van der Waals surface area contributed by atoms with Crippen molar-refractivity contribution in [1.82, 2.24) is 10.6 Å². The second-order valence-corrected chi connectivity index (χ2v) is 14.3. The number of aliphatic imine (C=N–C) groups is 1. The lowest BCUT2D eigenvalue weighted by molar-refractivity contribution is 0.0768. The number of guanidine groups is 1. The van der Waals surface area contributed by atoms with Gasteiger partial charge in [-0.3, -0.25) is 9.79 Å². The minimum atomic E-state index is -0.131. The minimum absolute atomic E-state index is 0.0311. The number of thiophene rings is 2. The summed E-state index contributed by atoms with van der Waals surface area (Å²) in [5.41, 5.74) is 8.53. The zero-order valence-corrected chi connectivity index (χ0v) is 28.1. The second-order valence-electron chi connectivity index (χ2n) is 12.1. The van der Waals surface area contributed by atoms with Crippen LogP contribution in [0.1, 0.15) is 45.4 Å². The highest BCUT2D eigenvalue weighted by molar-refractivity contribution is 7.23. The summed E-state index contributed by atoms with van der Waals surface area (Å²) in [6.45, 7) is 2.64. The molecule has 0 aliphatic heterocycles. The van der Waals surface area contributed by atoms with E-state index < -0.39 is 0 Å². The predicted molar refractivity (Wildman–Crippen MR) is 191 cm³/mol. The molecule has 2 aromatic carbocycles. The summed E-state index contributed by atoms with van der Waals surface area (Å²) >= 11 is 3.25. The van der Waals surface area contributed by atoms with Crippen molar-refractivity contribution in [3.8, 4) is 27.3 Å². The summed E-state index contributed by atoms with van der Waals surface area (Å²) in [4.78, 5) is 22.7. The maximum Gasteiger partial charge on any atom is 0.188 e. The Morgan fingerprint density at radius 2 is 1.80 bits per heavy atom. The van der Waals surface area contributed by atoms with Crippen molar-refractivity contribution < 1.29 is 9.90 Å². The number of rotatable bonds is 9. The number of Topliss-reactive ketones (excluding diaryl/α,β-unsaturated/α-hetero) is 1. The lowest BCUT2D eigenvalue weighted by Crippen LogP contribution is -2.52. The smallest absolute Gasteiger partial charge is 0.188 e. The monoisotopic (exact) mass is 648 g/mol. The van der Waals surface area contributed by atoms with Crippen molar-refractivity contribution in [3.05, 3.63) is 98.0 Å². The molecule has 0 unspecified atom stereocenters. The van der Waals surface area contributed by atoms with E-state index in [1.54, 1.807) is 35.8 Å². The first-order chi connectivity index (χ1) is 22.4. The molecule has 4 aromatic rings. The van der Waals surface area contributed by atoms with E-state index in [-0.39, 0.29) is 41.2 Å². The average Bonchev–Trinajstić information content (AvgIpc) is 3.73. The maximum atomic E-state index is 14.4. The molecule has 8 heteroatoms. The number of nitrogens with zero attached hydrogens (tertiary/aromatic N) is 1. The molecule has 46 heavy (non-hydrogen) atoms. The Morgan fingerprint density at radius 3 is 2.59 bits per heavy atom. The molecule has 236 valence electrons. The van der Waals surface area contributed by atoms with Crippen LogP contribution in [0.3, 0.4) is 0 Å². The fourth-order valence-electron chi connectivity index (χ4n) is 7.14. The number of fused-ring (bicyclic) bond motifs is 2. The lowest BCUT2D eigenvalue weighted by Gasteiger charge is -2.44. The van der Waals surface area contributed by atoms with E-state index in [1.807, 2.05) is 44.3 Å². The fourth-order valence-corrected chi connectivity index (χ4v) is 9.15. The Kier molecular flexibility index (Phi) is 9.74. The van der Waals surface area contributed by atoms with Crippen LogP contribution in [0.15, 0.2) is 71.7 Å². The van der Waals surface area contributed by atoms with Gasteiger partial charge in [0.2, 0.25) is 0 Å². The SMILES string of the molecule is CC#Cc1ccc(-c2ccc(C(=O)[C@H]3CC[C@@H]([C@H](Cc4cccc(O)c4)NC(N)=NC)[C@H]4C=c5ccc(CNC)cc5=C[C@@H]43)s2)s1. The number of nitrogens with two attached hydrogens (primary N) is 1. The van der Waals surface area contributed by atoms with Crippen molar-refractivity contribution in [2.45, 2.75) is 38.8 Å². The quantitative estimate of drug-likeness (QED) is 0.0873. The number of carbonyl (C=O) groups is 1. The molecule has 0 amide bonds. The molecule has 2 aliphatic rings. The van der Waals surface area contributed by atoms with Gasteiger partial charge in [-0.2, -0.15) is 0 Å². The number of nitrogens with one attached hydrogen (secondary N) is 2. The van der Waals surface area contributed by atoms with Gasteiger partial charge in [0.25, 0.3) is 0 Å². The van der Waals surface area contributed by atoms with Gasteiger partial charge < -0.3 is 21.5 Å². The van der Waals surface area contributed by atoms with Crippen LogP contribution in [0.2, 0.25) is 0 Å². The number of carbonyl (C=O) groups excluding carboxylic acids is 1. The Bertz CT molecular complexity index is 1950. The van der Waals surface area contributed by atoms with Crippen LogP contribution >= 0.6 is 22.7 Å². The lowest BCUT2D eigenvalue weighted by atomic mass is 9.61. The third-order valence-electron chi connectivity index (χ3n) is 9.23. The Balaban J connectivity index is 1.37. The van der Waals surface area contributed by atoms with Gasteiger partial charge in [0.1, 0.15) is 5.75 Å². The highest BCUT2D eigenvalue weighted by Gasteiger charge is 2.44. The molecule has 0 bridgehead atoms. The van der Waals surface area contributed by atoms with Crippen molar-refractivity contribution in [2.75, 3.05) is 14.1 Å². The van der Waals surface area contributed by atoms with Crippen molar-refractivity contribution in [1.29, 1.82) is 0 Å². The van der Waals surface area contributed by atoms with Gasteiger partial charge in [0, 0.05) is 35.3 Å². The first-order valence-electron chi connectivity index (χ1n) is 15.8. The van der Waals surface area contributed by atoms with Crippen molar-refractivity contribution in [2.24, 2.45) is 34.4 Å². The molecular weight excluding hydrogens is 609 g/mol. The Morgan fingerprint density at radius 1 is 1.00 bits per heavy atom. The predicted octanol–water partition coefficient (Wildman–Crippen LogP) is 5.13. The summed E-state index contributed by atoms with van der Waals surface area (Å²) in [5, 5.41) is 19.4. The Hall–Kier alpha value is -4.16. The van der Waals surface area contributed by atoms with Gasteiger partial charge in [0.05, 0.1) is 9.75 Å². The van der Waals surface area contributed by atoms with Crippen LogP contribution in [-0.2, 0) is 13.0 Å². The third kappa shape index (κ3) is 6.82. The van der Waals surface area contributed by atoms with Crippen molar-refractivity contribution in [3.63, 3.8) is 0 Å². The summed E-state index contributed by atoms with van der Waals surface area (Å²) in [6, 6.07) is 22.3. The molecule has 5 N–H and O–H groups in total. The van der Waals surface area contributed by atoms with Crippen LogP contribution in [0, 0.1) is 35.5 Å². The molecule has 1 saturated carbocycles. The van der Waals surface area contributed by atoms with E-state index >= 15 is 0 Å². The van der Waals surface area contributed by atoms with E-state index in [4.69, 9.17) is 5.73 Å². The molecule has 2 aromatic heterocycles. The van der Waals surface area contributed by atoms with Gasteiger partial charge in [0.15, 0.2) is 11.7 Å². The van der Waals surface area contributed by atoms with E-state index in [0.29, 0.717) is 12.4 Å². The van der Waals surface area contributed by atoms with Gasteiger partial charge in [-0.05, 0) is 109 Å². The van der Waals surface area contributed by atoms with Gasteiger partial charge in [-0.15, -0.1) is 28.6 Å². The van der Waals surface area contributed by atoms with Gasteiger partial charge in [-0.25, -0.2) is 0 Å². The fraction of sp³-hybridized carbons (Fsp3) is 0.316. The number of ketones is 1. The van der Waals surface area contributed by atoms with Crippen LogP contribution in [0.25, 0.3) is 21.9 Å². The summed E-state index contributed by atoms with van der Waals surface area (Å²) in [5.74, 6) is 7.20.